The number of anilines is 1. The van der Waals surface area contributed by atoms with Gasteiger partial charge in [-0.05, 0) is 0 Å². The van der Waals surface area contributed by atoms with Crippen LogP contribution in [-0.2, 0) is 0 Å². The van der Waals surface area contributed by atoms with Crippen LogP contribution in [0.1, 0.15) is 0 Å². The summed E-state index contributed by atoms with van der Waals surface area (Å²) >= 11 is 1.46. The van der Waals surface area contributed by atoms with E-state index in [1.54, 1.807) is 0 Å². The van der Waals surface area contributed by atoms with E-state index in [1.807, 2.05) is 0 Å². The van der Waals surface area contributed by atoms with Crippen molar-refractivity contribution in [2.24, 2.45) is 0 Å². The third-order valence-electron chi connectivity index (χ3n) is 1.34. The molecule has 0 aliphatic carbocycles. The molecule has 11 heavy (non-hydrogen) atoms. The van der Waals surface area contributed by atoms with Crippen LogP contribution in [0.4, 0.5) is 4.56 Å². The SMILES string of the molecule is CN(C)c1cc(=[N+](C)C)[se][se]1. The van der Waals surface area contributed by atoms with Crippen LogP contribution in [0.3, 0.4) is 0 Å². The number of rotatable bonds is 1. The summed E-state index contributed by atoms with van der Waals surface area (Å²) in [6.07, 6.45) is 0. The molecule has 0 atom stereocenters. The Labute approximate surface area is 77.8 Å². The van der Waals surface area contributed by atoms with Crippen molar-refractivity contribution in [3.63, 3.8) is 0 Å². The monoisotopic (exact) mass is 285 g/mol. The summed E-state index contributed by atoms with van der Waals surface area (Å²) in [5.41, 5.74) is 0. The van der Waals surface area contributed by atoms with Gasteiger partial charge in [-0.2, -0.15) is 0 Å². The Hall–Kier alpha value is 0.249. The summed E-state index contributed by atoms with van der Waals surface area (Å²) < 4.78 is 5.29. The van der Waals surface area contributed by atoms with E-state index in [2.05, 4.69) is 43.7 Å². The summed E-state index contributed by atoms with van der Waals surface area (Å²) in [7, 11) is 8.51. The van der Waals surface area contributed by atoms with Gasteiger partial charge >= 0.3 is 77.8 Å². The first-order valence-corrected chi connectivity index (χ1v) is 9.43. The summed E-state index contributed by atoms with van der Waals surface area (Å²) in [6.45, 7) is 0. The molecule has 0 aliphatic rings. The summed E-state index contributed by atoms with van der Waals surface area (Å²) in [5.74, 6) is 0. The number of hydrogen-bond acceptors (Lipinski definition) is 1. The molecule has 0 N–H and O–H groups in total. The first-order valence-electron chi connectivity index (χ1n) is 3.39. The normalized spacial score (nSPS) is 9.82. The summed E-state index contributed by atoms with van der Waals surface area (Å²) in [5, 5.41) is 0. The molecule has 1 aromatic rings. The van der Waals surface area contributed by atoms with Gasteiger partial charge in [-0.1, -0.05) is 0 Å². The molecule has 0 fully saturated rings. The molecular weight excluding hydrogens is 270 g/mol. The molecule has 0 bridgehead atoms. The van der Waals surface area contributed by atoms with E-state index in [1.165, 1.54) is 8.79 Å². The van der Waals surface area contributed by atoms with Gasteiger partial charge in [0.25, 0.3) is 0 Å². The fourth-order valence-corrected chi connectivity index (χ4v) is 8.84. The summed E-state index contributed by atoms with van der Waals surface area (Å²) in [4.78, 5) is 2.23. The Kier molecular flexibility index (Phi) is 3.20. The minimum absolute atomic E-state index is 0.732. The fraction of sp³-hybridized carbons (Fsp3) is 0.571. The van der Waals surface area contributed by atoms with Crippen molar-refractivity contribution < 1.29 is 0 Å². The van der Waals surface area contributed by atoms with Crippen LogP contribution in [-0.4, -0.2) is 53.5 Å². The maximum atomic E-state index is 2.33. The van der Waals surface area contributed by atoms with E-state index in [0.717, 1.165) is 25.3 Å². The first-order chi connectivity index (χ1) is 5.11. The third-order valence-corrected chi connectivity index (χ3v) is 8.89. The van der Waals surface area contributed by atoms with Gasteiger partial charge in [0.1, 0.15) is 0 Å². The predicted molar refractivity (Wildman–Crippen MR) is 51.8 cm³/mol. The van der Waals surface area contributed by atoms with Crippen LogP contribution < -0.4 is 13.7 Å². The van der Waals surface area contributed by atoms with Gasteiger partial charge in [0, 0.05) is 0 Å². The van der Waals surface area contributed by atoms with Crippen LogP contribution in [0, 0.1) is 0 Å². The van der Waals surface area contributed by atoms with E-state index >= 15 is 0 Å². The van der Waals surface area contributed by atoms with Crippen LogP contribution in [0.5, 0.6) is 0 Å². The first kappa shape index (κ1) is 9.34. The summed E-state index contributed by atoms with van der Waals surface area (Å²) in [6, 6.07) is 2.33. The third kappa shape index (κ3) is 2.34. The topological polar surface area (TPSA) is 6.25 Å². The molecule has 0 aliphatic heterocycles. The number of hydrogen-bond donors (Lipinski definition) is 0. The second-order valence-electron chi connectivity index (χ2n) is 2.78. The van der Waals surface area contributed by atoms with Gasteiger partial charge in [0.15, 0.2) is 0 Å². The molecule has 0 saturated carbocycles. The molecule has 4 heteroatoms. The van der Waals surface area contributed by atoms with Crippen molar-refractivity contribution in [2.75, 3.05) is 33.1 Å². The maximum absolute atomic E-state index is 2.33. The predicted octanol–water partition coefficient (Wildman–Crippen LogP) is -1.10. The quantitative estimate of drug-likeness (QED) is 0.468. The van der Waals surface area contributed by atoms with Gasteiger partial charge in [0.2, 0.25) is 0 Å². The van der Waals surface area contributed by atoms with E-state index in [0.29, 0.717) is 0 Å². The minimum atomic E-state index is 0.732. The molecule has 0 spiro atoms. The fourth-order valence-electron chi connectivity index (χ4n) is 0.646. The van der Waals surface area contributed by atoms with Crippen molar-refractivity contribution in [3.8, 4) is 0 Å². The molecule has 2 nitrogen and oxygen atoms in total. The molecular formula is C7H13N2Se2+. The molecule has 1 aromatic heterocycles. The van der Waals surface area contributed by atoms with Crippen LogP contribution in [0.25, 0.3) is 0 Å². The van der Waals surface area contributed by atoms with Crippen LogP contribution in [0.15, 0.2) is 6.07 Å². The molecule has 0 saturated heterocycles. The number of nitrogens with zero attached hydrogens (tertiary/aromatic N) is 2. The average Bonchev–Trinajstić information content (AvgIpc) is 2.33. The molecule has 0 unspecified atom stereocenters. The van der Waals surface area contributed by atoms with Gasteiger partial charge in [0.05, 0.1) is 0 Å². The van der Waals surface area contributed by atoms with E-state index in [4.69, 9.17) is 0 Å². The van der Waals surface area contributed by atoms with Crippen molar-refractivity contribution >= 4 is 29.8 Å². The zero-order valence-electron chi connectivity index (χ0n) is 7.29. The molecule has 0 amide bonds. The van der Waals surface area contributed by atoms with E-state index in [9.17, 15) is 0 Å². The zero-order valence-corrected chi connectivity index (χ0v) is 10.7. The molecule has 1 rings (SSSR count). The van der Waals surface area contributed by atoms with Crippen LogP contribution >= 0.6 is 0 Å². The standard InChI is InChI=1S/C7H13N2Se2/c1-8(2)6-5-7(9(3)4)11-10-6/h5H,1-4H3/q+1. The Morgan fingerprint density at radius 2 is 1.91 bits per heavy atom. The van der Waals surface area contributed by atoms with Crippen LogP contribution in [0.2, 0.25) is 0 Å². The molecule has 0 radical (unpaired) electrons. The van der Waals surface area contributed by atoms with Gasteiger partial charge in [-0.25, -0.2) is 0 Å². The average molecular weight is 283 g/mol. The van der Waals surface area contributed by atoms with Crippen molar-refractivity contribution in [1.29, 1.82) is 0 Å². The molecule has 1 heterocycles. The zero-order chi connectivity index (χ0) is 8.43. The van der Waals surface area contributed by atoms with E-state index < -0.39 is 0 Å². The van der Waals surface area contributed by atoms with Crippen molar-refractivity contribution in [1.82, 2.24) is 4.58 Å². The van der Waals surface area contributed by atoms with Gasteiger partial charge < -0.3 is 0 Å². The Morgan fingerprint density at radius 1 is 1.27 bits per heavy atom. The molecule has 0 aromatic carbocycles. The molecule has 62 valence electrons. The second kappa shape index (κ2) is 3.77. The van der Waals surface area contributed by atoms with Gasteiger partial charge in [-0.15, -0.1) is 0 Å². The Bertz CT molecular complexity index is 291. The Balaban J connectivity index is 3.10. The van der Waals surface area contributed by atoms with Gasteiger partial charge in [-0.3, -0.25) is 0 Å². The van der Waals surface area contributed by atoms with Crippen molar-refractivity contribution in [3.05, 3.63) is 10.3 Å². The van der Waals surface area contributed by atoms with Crippen molar-refractivity contribution in [2.45, 2.75) is 0 Å². The second-order valence-corrected chi connectivity index (χ2v) is 8.86. The van der Waals surface area contributed by atoms with E-state index in [-0.39, 0.29) is 0 Å². The Morgan fingerprint density at radius 3 is 2.18 bits per heavy atom.